The molecular weight excluding hydrogens is 398 g/mol. The molecule has 0 saturated heterocycles. The number of carbonyl (C=O) groups excluding carboxylic acids is 1. The Labute approximate surface area is 150 Å². The number of hydrogen-bond donors (Lipinski definition) is 1. The van der Waals surface area contributed by atoms with Gasteiger partial charge >= 0.3 is 0 Å². The van der Waals surface area contributed by atoms with Crippen molar-refractivity contribution in [1.29, 1.82) is 0 Å². The summed E-state index contributed by atoms with van der Waals surface area (Å²) in [5, 5.41) is 7.26. The van der Waals surface area contributed by atoms with Crippen LogP contribution in [0.3, 0.4) is 0 Å². The molecule has 0 aliphatic carbocycles. The molecule has 122 valence electrons. The fraction of sp³-hybridized carbons (Fsp3) is 0.0667. The topological polar surface area (TPSA) is 81.8 Å². The molecule has 7 nitrogen and oxygen atoms in total. The fourth-order valence-corrected chi connectivity index (χ4v) is 2.66. The predicted octanol–water partition coefficient (Wildman–Crippen LogP) is 2.48. The van der Waals surface area contributed by atoms with E-state index in [2.05, 4.69) is 31.3 Å². The van der Waals surface area contributed by atoms with Gasteiger partial charge < -0.3 is 9.88 Å². The first-order valence-electron chi connectivity index (χ1n) is 6.83. The normalized spacial score (nSPS) is 10.6. The standard InChI is InChI=1S/C15H11BrClN5O2/c16-10-1-4-15(24)21(6-10)7-14(23)20-12-5-11(17)2-3-13(12)22-9-18-8-19-22/h1-6,8-9H,7H2,(H,20,23). The second kappa shape index (κ2) is 6.98. The van der Waals surface area contributed by atoms with E-state index in [1.165, 1.54) is 28.0 Å². The Kier molecular flexibility index (Phi) is 4.77. The molecule has 2 aromatic heterocycles. The number of anilines is 1. The molecule has 0 aliphatic rings. The van der Waals surface area contributed by atoms with Crippen molar-refractivity contribution in [3.8, 4) is 5.69 Å². The van der Waals surface area contributed by atoms with Crippen molar-refractivity contribution in [2.24, 2.45) is 0 Å². The SMILES string of the molecule is O=C(Cn1cc(Br)ccc1=O)Nc1cc(Cl)ccc1-n1cncn1. The van der Waals surface area contributed by atoms with Crippen molar-refractivity contribution < 1.29 is 4.79 Å². The average molecular weight is 409 g/mol. The van der Waals surface area contributed by atoms with Crippen molar-refractivity contribution in [3.05, 3.63) is 69.0 Å². The van der Waals surface area contributed by atoms with Crippen LogP contribution in [0.5, 0.6) is 0 Å². The third-order valence-corrected chi connectivity index (χ3v) is 3.86. The zero-order valence-electron chi connectivity index (χ0n) is 12.2. The Morgan fingerprint density at radius 3 is 2.88 bits per heavy atom. The molecule has 0 spiro atoms. The predicted molar refractivity (Wildman–Crippen MR) is 93.4 cm³/mol. The van der Waals surface area contributed by atoms with E-state index in [9.17, 15) is 9.59 Å². The number of pyridine rings is 1. The Morgan fingerprint density at radius 2 is 2.12 bits per heavy atom. The van der Waals surface area contributed by atoms with Crippen molar-refractivity contribution >= 4 is 39.1 Å². The number of rotatable bonds is 4. The smallest absolute Gasteiger partial charge is 0.251 e. The van der Waals surface area contributed by atoms with E-state index in [1.54, 1.807) is 30.5 Å². The summed E-state index contributed by atoms with van der Waals surface area (Å²) in [6.07, 6.45) is 4.46. The van der Waals surface area contributed by atoms with Crippen molar-refractivity contribution in [1.82, 2.24) is 19.3 Å². The van der Waals surface area contributed by atoms with Gasteiger partial charge in [-0.25, -0.2) is 9.67 Å². The number of aromatic nitrogens is 4. The minimum atomic E-state index is -0.362. The molecule has 3 rings (SSSR count). The van der Waals surface area contributed by atoms with Gasteiger partial charge in [0.25, 0.3) is 5.56 Å². The molecule has 9 heteroatoms. The molecule has 1 amide bonds. The van der Waals surface area contributed by atoms with Gasteiger partial charge in [0, 0.05) is 21.8 Å². The van der Waals surface area contributed by atoms with Crippen LogP contribution in [0.25, 0.3) is 5.69 Å². The zero-order chi connectivity index (χ0) is 17.1. The number of benzene rings is 1. The lowest BCUT2D eigenvalue weighted by Gasteiger charge is -2.12. The first-order valence-corrected chi connectivity index (χ1v) is 8.00. The van der Waals surface area contributed by atoms with Crippen LogP contribution in [0.2, 0.25) is 5.02 Å². The van der Waals surface area contributed by atoms with Gasteiger partial charge in [-0.05, 0) is 40.2 Å². The van der Waals surface area contributed by atoms with Crippen LogP contribution < -0.4 is 10.9 Å². The number of amides is 1. The number of carbonyl (C=O) groups is 1. The van der Waals surface area contributed by atoms with Gasteiger partial charge in [-0.2, -0.15) is 5.10 Å². The van der Waals surface area contributed by atoms with Gasteiger partial charge in [0.1, 0.15) is 19.2 Å². The van der Waals surface area contributed by atoms with E-state index in [0.29, 0.717) is 20.9 Å². The molecule has 0 saturated carbocycles. The Balaban J connectivity index is 1.85. The van der Waals surface area contributed by atoms with Crippen LogP contribution >= 0.6 is 27.5 Å². The number of hydrogen-bond acceptors (Lipinski definition) is 4. The monoisotopic (exact) mass is 407 g/mol. The van der Waals surface area contributed by atoms with Crippen molar-refractivity contribution in [2.45, 2.75) is 6.54 Å². The van der Waals surface area contributed by atoms with E-state index in [0.717, 1.165) is 0 Å². The van der Waals surface area contributed by atoms with Crippen LogP contribution in [-0.4, -0.2) is 25.2 Å². The highest BCUT2D eigenvalue weighted by Crippen LogP contribution is 2.24. The lowest BCUT2D eigenvalue weighted by molar-refractivity contribution is -0.116. The van der Waals surface area contributed by atoms with Crippen LogP contribution in [0.15, 0.2) is 58.5 Å². The average Bonchev–Trinajstić information content (AvgIpc) is 3.05. The number of nitrogens with one attached hydrogen (secondary N) is 1. The Hall–Kier alpha value is -2.45. The molecular formula is C15H11BrClN5O2. The van der Waals surface area contributed by atoms with Gasteiger partial charge in [-0.1, -0.05) is 11.6 Å². The van der Waals surface area contributed by atoms with Gasteiger partial charge in [0.15, 0.2) is 0 Å². The zero-order valence-corrected chi connectivity index (χ0v) is 14.5. The first-order chi connectivity index (χ1) is 11.5. The molecule has 1 N–H and O–H groups in total. The van der Waals surface area contributed by atoms with Crippen LogP contribution in [0, 0.1) is 0 Å². The summed E-state index contributed by atoms with van der Waals surface area (Å²) in [5.41, 5.74) is 0.823. The van der Waals surface area contributed by atoms with E-state index in [1.807, 2.05) is 0 Å². The molecule has 0 radical (unpaired) electrons. The van der Waals surface area contributed by atoms with E-state index in [4.69, 9.17) is 11.6 Å². The third-order valence-electron chi connectivity index (χ3n) is 3.16. The molecule has 0 bridgehead atoms. The molecule has 0 atom stereocenters. The van der Waals surface area contributed by atoms with Crippen molar-refractivity contribution in [3.63, 3.8) is 0 Å². The van der Waals surface area contributed by atoms with Crippen molar-refractivity contribution in [2.75, 3.05) is 5.32 Å². The third kappa shape index (κ3) is 3.72. The Morgan fingerprint density at radius 1 is 1.29 bits per heavy atom. The molecule has 2 heterocycles. The maximum Gasteiger partial charge on any atom is 0.251 e. The summed E-state index contributed by atoms with van der Waals surface area (Å²) in [5.74, 6) is -0.362. The quantitative estimate of drug-likeness (QED) is 0.719. The largest absolute Gasteiger partial charge is 0.323 e. The summed E-state index contributed by atoms with van der Waals surface area (Å²) < 4.78 is 3.53. The molecule has 3 aromatic rings. The summed E-state index contributed by atoms with van der Waals surface area (Å²) in [4.78, 5) is 28.0. The number of halogens is 2. The number of nitrogens with zero attached hydrogens (tertiary/aromatic N) is 4. The fourth-order valence-electron chi connectivity index (χ4n) is 2.11. The first kappa shape index (κ1) is 16.4. The lowest BCUT2D eigenvalue weighted by atomic mass is 10.2. The van der Waals surface area contributed by atoms with E-state index < -0.39 is 0 Å². The molecule has 24 heavy (non-hydrogen) atoms. The van der Waals surface area contributed by atoms with Gasteiger partial charge in [0.2, 0.25) is 5.91 Å². The van der Waals surface area contributed by atoms with Crippen LogP contribution in [-0.2, 0) is 11.3 Å². The summed E-state index contributed by atoms with van der Waals surface area (Å²) in [6.45, 7) is -0.123. The maximum absolute atomic E-state index is 12.3. The minimum absolute atomic E-state index is 0.123. The highest BCUT2D eigenvalue weighted by atomic mass is 79.9. The minimum Gasteiger partial charge on any atom is -0.323 e. The highest BCUT2D eigenvalue weighted by molar-refractivity contribution is 9.10. The highest BCUT2D eigenvalue weighted by Gasteiger charge is 2.11. The van der Waals surface area contributed by atoms with E-state index >= 15 is 0 Å². The second-order valence-corrected chi connectivity index (χ2v) is 6.22. The Bertz CT molecular complexity index is 939. The maximum atomic E-state index is 12.3. The summed E-state index contributed by atoms with van der Waals surface area (Å²) in [7, 11) is 0. The molecule has 0 unspecified atom stereocenters. The molecule has 0 fully saturated rings. The lowest BCUT2D eigenvalue weighted by Crippen LogP contribution is -2.27. The van der Waals surface area contributed by atoms with Gasteiger partial charge in [0.05, 0.1) is 11.4 Å². The van der Waals surface area contributed by atoms with Crippen LogP contribution in [0.1, 0.15) is 0 Å². The van der Waals surface area contributed by atoms with Gasteiger partial charge in [-0.3, -0.25) is 9.59 Å². The summed E-state index contributed by atoms with van der Waals surface area (Å²) in [6, 6.07) is 8.03. The van der Waals surface area contributed by atoms with E-state index in [-0.39, 0.29) is 18.0 Å². The van der Waals surface area contributed by atoms with Crippen LogP contribution in [0.4, 0.5) is 5.69 Å². The second-order valence-electron chi connectivity index (χ2n) is 4.86. The molecule has 0 aliphatic heterocycles. The molecule has 1 aromatic carbocycles. The van der Waals surface area contributed by atoms with Gasteiger partial charge in [-0.15, -0.1) is 0 Å². The summed E-state index contributed by atoms with van der Waals surface area (Å²) >= 11 is 9.28.